The first kappa shape index (κ1) is 22.1. The lowest BCUT2D eigenvalue weighted by atomic mass is 9.87. The molecule has 0 aromatic carbocycles. The van der Waals surface area contributed by atoms with Crippen LogP contribution < -0.4 is 5.32 Å². The van der Waals surface area contributed by atoms with Crippen LogP contribution in [0.4, 0.5) is 0 Å². The molecule has 6 nitrogen and oxygen atoms in total. The van der Waals surface area contributed by atoms with E-state index in [0.717, 1.165) is 0 Å². The Morgan fingerprint density at radius 1 is 1.26 bits per heavy atom. The van der Waals surface area contributed by atoms with Gasteiger partial charge in [0.15, 0.2) is 5.12 Å². The Balaban J connectivity index is 3.84. The summed E-state index contributed by atoms with van der Waals surface area (Å²) in [6, 6.07) is 0. The summed E-state index contributed by atoms with van der Waals surface area (Å²) in [5, 5.41) is 30.8. The first-order valence-corrected chi connectivity index (χ1v) is 8.78. The van der Waals surface area contributed by atoms with Gasteiger partial charge in [-0.05, 0) is 12.8 Å². The summed E-state index contributed by atoms with van der Waals surface area (Å²) in [6.45, 7) is 5.05. The Morgan fingerprint density at radius 2 is 1.91 bits per heavy atom. The molecule has 0 aromatic heterocycles. The molecule has 0 spiro atoms. The highest BCUT2D eigenvalue weighted by Gasteiger charge is 2.32. The van der Waals surface area contributed by atoms with Crippen molar-refractivity contribution in [3.63, 3.8) is 0 Å². The van der Waals surface area contributed by atoms with Crippen molar-refractivity contribution in [1.82, 2.24) is 5.32 Å². The standard InChI is InChI=1S/C16H29NO5S/c1-4-12(19)10-13(20)23-9-7-5-6-8-17-15(22)14(21)16(2,3)11-18/h5-6,12,14,18-19,21H,4,7-11H2,1-3H3,(H,17,22)/b6-5+. The van der Waals surface area contributed by atoms with Gasteiger partial charge in [0, 0.05) is 24.1 Å². The Labute approximate surface area is 142 Å². The van der Waals surface area contributed by atoms with Gasteiger partial charge in [-0.3, -0.25) is 9.59 Å². The molecule has 134 valence electrons. The van der Waals surface area contributed by atoms with Crippen molar-refractivity contribution >= 4 is 22.8 Å². The minimum Gasteiger partial charge on any atom is -0.396 e. The fourth-order valence-electron chi connectivity index (χ4n) is 1.54. The third-order valence-electron chi connectivity index (χ3n) is 3.38. The molecule has 0 radical (unpaired) electrons. The molecular formula is C16H29NO5S. The van der Waals surface area contributed by atoms with E-state index in [2.05, 4.69) is 5.32 Å². The molecule has 0 aromatic rings. The van der Waals surface area contributed by atoms with Gasteiger partial charge >= 0.3 is 0 Å². The van der Waals surface area contributed by atoms with Gasteiger partial charge in [-0.2, -0.15) is 0 Å². The number of hydrogen-bond donors (Lipinski definition) is 4. The lowest BCUT2D eigenvalue weighted by Crippen LogP contribution is -2.45. The monoisotopic (exact) mass is 347 g/mol. The topological polar surface area (TPSA) is 107 Å². The molecule has 1 amide bonds. The molecule has 0 heterocycles. The average molecular weight is 347 g/mol. The molecule has 0 fully saturated rings. The van der Waals surface area contributed by atoms with Gasteiger partial charge in [0.25, 0.3) is 0 Å². The molecule has 0 saturated heterocycles. The van der Waals surface area contributed by atoms with E-state index in [4.69, 9.17) is 5.11 Å². The summed E-state index contributed by atoms with van der Waals surface area (Å²) < 4.78 is 0. The number of hydrogen-bond acceptors (Lipinski definition) is 6. The van der Waals surface area contributed by atoms with Crippen LogP contribution in [-0.2, 0) is 9.59 Å². The van der Waals surface area contributed by atoms with Gasteiger partial charge in [0.2, 0.25) is 5.91 Å². The van der Waals surface area contributed by atoms with Crippen molar-refractivity contribution in [1.29, 1.82) is 0 Å². The smallest absolute Gasteiger partial charge is 0.249 e. The zero-order valence-corrected chi connectivity index (χ0v) is 14.9. The van der Waals surface area contributed by atoms with Crippen LogP contribution in [0.5, 0.6) is 0 Å². The van der Waals surface area contributed by atoms with E-state index in [1.54, 1.807) is 19.9 Å². The van der Waals surface area contributed by atoms with Crippen LogP contribution in [-0.4, -0.2) is 57.5 Å². The quantitative estimate of drug-likeness (QED) is 0.326. The second kappa shape index (κ2) is 11.6. The second-order valence-corrected chi connectivity index (χ2v) is 7.19. The van der Waals surface area contributed by atoms with E-state index >= 15 is 0 Å². The molecule has 0 aliphatic heterocycles. The number of allylic oxidation sites excluding steroid dienone is 1. The number of nitrogens with one attached hydrogen (secondary N) is 1. The molecule has 4 N–H and O–H groups in total. The van der Waals surface area contributed by atoms with Crippen LogP contribution >= 0.6 is 11.8 Å². The number of amides is 1. The number of aliphatic hydroxyl groups excluding tert-OH is 3. The lowest BCUT2D eigenvalue weighted by molar-refractivity contribution is -0.136. The Hall–Kier alpha value is -0.890. The first-order valence-electron chi connectivity index (χ1n) is 7.80. The van der Waals surface area contributed by atoms with Crippen molar-refractivity contribution in [2.45, 2.75) is 52.2 Å². The van der Waals surface area contributed by atoms with Crippen molar-refractivity contribution < 1.29 is 24.9 Å². The number of rotatable bonds is 11. The van der Waals surface area contributed by atoms with E-state index in [0.29, 0.717) is 18.6 Å². The van der Waals surface area contributed by atoms with Gasteiger partial charge in [-0.25, -0.2) is 0 Å². The number of thioether (sulfide) groups is 1. The summed E-state index contributed by atoms with van der Waals surface area (Å²) >= 11 is 1.19. The molecule has 2 unspecified atom stereocenters. The molecule has 0 saturated carbocycles. The molecule has 0 bridgehead atoms. The number of carbonyl (C=O) groups excluding carboxylic acids is 2. The first-order chi connectivity index (χ1) is 10.7. The maximum atomic E-state index is 11.7. The minimum absolute atomic E-state index is 0.0181. The van der Waals surface area contributed by atoms with Gasteiger partial charge in [-0.1, -0.05) is 44.7 Å². The van der Waals surface area contributed by atoms with E-state index in [1.165, 1.54) is 11.8 Å². The van der Waals surface area contributed by atoms with Crippen LogP contribution in [0, 0.1) is 5.41 Å². The highest BCUT2D eigenvalue weighted by atomic mass is 32.2. The largest absolute Gasteiger partial charge is 0.396 e. The number of carbonyl (C=O) groups is 2. The van der Waals surface area contributed by atoms with Crippen LogP contribution in [0.3, 0.4) is 0 Å². The van der Waals surface area contributed by atoms with Gasteiger partial charge < -0.3 is 20.6 Å². The van der Waals surface area contributed by atoms with E-state index in [9.17, 15) is 19.8 Å². The van der Waals surface area contributed by atoms with Crippen LogP contribution in [0.15, 0.2) is 12.2 Å². The summed E-state index contributed by atoms with van der Waals surface area (Å²) in [7, 11) is 0. The molecule has 0 aliphatic rings. The Kier molecular flexibility index (Phi) is 11.2. The molecule has 0 rings (SSSR count). The molecular weight excluding hydrogens is 318 g/mol. The molecule has 23 heavy (non-hydrogen) atoms. The third kappa shape index (κ3) is 9.76. The zero-order valence-electron chi connectivity index (χ0n) is 14.1. The average Bonchev–Trinajstić information content (AvgIpc) is 2.52. The third-order valence-corrected chi connectivity index (χ3v) is 4.31. The van der Waals surface area contributed by atoms with Crippen LogP contribution in [0.25, 0.3) is 0 Å². The fraction of sp³-hybridized carbons (Fsp3) is 0.750. The van der Waals surface area contributed by atoms with E-state index < -0.39 is 23.5 Å². The van der Waals surface area contributed by atoms with Crippen molar-refractivity contribution in [2.24, 2.45) is 5.41 Å². The SMILES string of the molecule is CCC(O)CC(=O)SCC/C=C/CNC(=O)C(O)C(C)(C)CO. The predicted molar refractivity (Wildman–Crippen MR) is 92.0 cm³/mol. The summed E-state index contributed by atoms with van der Waals surface area (Å²) in [5.74, 6) is 0.103. The van der Waals surface area contributed by atoms with E-state index in [1.807, 2.05) is 13.0 Å². The highest BCUT2D eigenvalue weighted by molar-refractivity contribution is 8.13. The zero-order chi connectivity index (χ0) is 17.9. The van der Waals surface area contributed by atoms with Crippen LogP contribution in [0.2, 0.25) is 0 Å². The van der Waals surface area contributed by atoms with Crippen molar-refractivity contribution in [3.05, 3.63) is 12.2 Å². The fourth-order valence-corrected chi connectivity index (χ4v) is 2.33. The summed E-state index contributed by atoms with van der Waals surface area (Å²) in [5.41, 5.74) is -0.881. The van der Waals surface area contributed by atoms with Gasteiger partial charge in [0.05, 0.1) is 12.7 Å². The van der Waals surface area contributed by atoms with Crippen molar-refractivity contribution in [2.75, 3.05) is 18.9 Å². The van der Waals surface area contributed by atoms with Crippen molar-refractivity contribution in [3.8, 4) is 0 Å². The molecule has 0 aliphatic carbocycles. The number of aliphatic hydroxyl groups is 3. The maximum absolute atomic E-state index is 11.7. The molecule has 7 heteroatoms. The van der Waals surface area contributed by atoms with Crippen LogP contribution in [0.1, 0.15) is 40.0 Å². The Morgan fingerprint density at radius 3 is 2.48 bits per heavy atom. The minimum atomic E-state index is -1.26. The molecule has 2 atom stereocenters. The van der Waals surface area contributed by atoms with Gasteiger partial charge in [0.1, 0.15) is 6.10 Å². The van der Waals surface area contributed by atoms with Gasteiger partial charge in [-0.15, -0.1) is 0 Å². The normalized spacial score (nSPS) is 14.7. The Bertz CT molecular complexity index is 398. The lowest BCUT2D eigenvalue weighted by Gasteiger charge is -2.26. The second-order valence-electron chi connectivity index (χ2n) is 6.04. The summed E-state index contributed by atoms with van der Waals surface area (Å²) in [4.78, 5) is 23.1. The maximum Gasteiger partial charge on any atom is 0.249 e. The predicted octanol–water partition coefficient (Wildman–Crippen LogP) is 0.849. The highest BCUT2D eigenvalue weighted by Crippen LogP contribution is 2.19. The summed E-state index contributed by atoms with van der Waals surface area (Å²) in [6.07, 6.45) is 3.21. The van der Waals surface area contributed by atoms with E-state index in [-0.39, 0.29) is 24.7 Å².